The first-order chi connectivity index (χ1) is 10.6. The van der Waals surface area contributed by atoms with Crippen LogP contribution in [0.4, 0.5) is 0 Å². The molecule has 0 aliphatic carbocycles. The average Bonchev–Trinajstić information content (AvgIpc) is 2.47. The van der Waals surface area contributed by atoms with Crippen LogP contribution >= 0.6 is 0 Å². The van der Waals surface area contributed by atoms with Gasteiger partial charge in [0.2, 0.25) is 0 Å². The highest BCUT2D eigenvalue weighted by atomic mass is 16.5. The Hall–Kier alpha value is -2.69. The van der Waals surface area contributed by atoms with E-state index in [0.717, 1.165) is 0 Å². The summed E-state index contributed by atoms with van der Waals surface area (Å²) >= 11 is 0. The van der Waals surface area contributed by atoms with Crippen molar-refractivity contribution in [2.24, 2.45) is 0 Å². The molecule has 0 bridgehead atoms. The molecule has 0 amide bonds. The zero-order valence-corrected chi connectivity index (χ0v) is 11.6. The van der Waals surface area contributed by atoms with E-state index in [1.807, 2.05) is 0 Å². The van der Waals surface area contributed by atoms with Gasteiger partial charge >= 0.3 is 17.9 Å². The van der Waals surface area contributed by atoms with Crippen molar-refractivity contribution in [2.75, 3.05) is 6.61 Å². The van der Waals surface area contributed by atoms with E-state index in [9.17, 15) is 24.6 Å². The van der Waals surface area contributed by atoms with Crippen LogP contribution in [0.15, 0.2) is 36.6 Å². The molecule has 0 aromatic carbocycles. The third kappa shape index (κ3) is 7.22. The van der Waals surface area contributed by atoms with Gasteiger partial charge in [0.1, 0.15) is 12.2 Å². The molecule has 128 valence electrons. The Bertz CT molecular complexity index is 495. The minimum Gasteiger partial charge on any atom is -0.484 e. The minimum atomic E-state index is -2.25. The van der Waals surface area contributed by atoms with E-state index in [4.69, 9.17) is 25.2 Å². The van der Waals surface area contributed by atoms with Gasteiger partial charge in [0.05, 0.1) is 18.9 Å². The standard InChI is InChI=1S/C13H16O10/c14-7-8(15)12(22)13(4-1-9(16)17,5-2-10(18)19)23-6-3-11(20)21/h1-6,8,12,14-15,22H,7H2,(H,16,17)(H,18,19)(H,20,21)/t8-,12-,13?/m1/s1. The molecule has 0 heterocycles. The number of ether oxygens (including phenoxy) is 1. The molecule has 0 aromatic heterocycles. The highest BCUT2D eigenvalue weighted by Crippen LogP contribution is 2.24. The van der Waals surface area contributed by atoms with Gasteiger partial charge in [0, 0.05) is 12.2 Å². The van der Waals surface area contributed by atoms with Crippen LogP contribution < -0.4 is 0 Å². The number of hydrogen-bond donors (Lipinski definition) is 6. The summed E-state index contributed by atoms with van der Waals surface area (Å²) in [5, 5.41) is 54.2. The topological polar surface area (TPSA) is 182 Å². The molecule has 0 fully saturated rings. The van der Waals surface area contributed by atoms with E-state index in [1.165, 1.54) is 0 Å². The number of aliphatic hydroxyl groups is 3. The molecular formula is C13H16O10. The van der Waals surface area contributed by atoms with E-state index < -0.39 is 42.3 Å². The molecule has 23 heavy (non-hydrogen) atoms. The average molecular weight is 332 g/mol. The Morgan fingerprint density at radius 3 is 1.70 bits per heavy atom. The molecule has 6 N–H and O–H groups in total. The van der Waals surface area contributed by atoms with Gasteiger partial charge in [-0.25, -0.2) is 14.4 Å². The zero-order valence-electron chi connectivity index (χ0n) is 11.6. The summed E-state index contributed by atoms with van der Waals surface area (Å²) in [5.74, 6) is -4.38. The second-order valence-corrected chi connectivity index (χ2v) is 4.15. The van der Waals surface area contributed by atoms with Crippen LogP contribution in [-0.4, -0.2) is 73.0 Å². The number of hydrogen-bond acceptors (Lipinski definition) is 7. The summed E-state index contributed by atoms with van der Waals surface area (Å²) in [7, 11) is 0. The van der Waals surface area contributed by atoms with Gasteiger partial charge in [-0.05, 0) is 12.2 Å². The molecule has 0 saturated carbocycles. The highest BCUT2D eigenvalue weighted by molar-refractivity contribution is 5.81. The molecule has 0 saturated heterocycles. The molecule has 0 aliphatic rings. The Labute approximate surface area is 129 Å². The number of rotatable bonds is 10. The molecule has 0 rings (SSSR count). The second kappa shape index (κ2) is 9.35. The first-order valence-electron chi connectivity index (χ1n) is 6.03. The van der Waals surface area contributed by atoms with E-state index in [2.05, 4.69) is 0 Å². The van der Waals surface area contributed by atoms with Crippen molar-refractivity contribution >= 4 is 17.9 Å². The largest absolute Gasteiger partial charge is 0.484 e. The van der Waals surface area contributed by atoms with Crippen molar-refractivity contribution in [1.29, 1.82) is 0 Å². The lowest BCUT2D eigenvalue weighted by Crippen LogP contribution is -2.49. The molecule has 0 aromatic rings. The summed E-state index contributed by atoms with van der Waals surface area (Å²) in [4.78, 5) is 31.7. The van der Waals surface area contributed by atoms with Crippen molar-refractivity contribution in [1.82, 2.24) is 0 Å². The molecular weight excluding hydrogens is 316 g/mol. The van der Waals surface area contributed by atoms with Crippen molar-refractivity contribution < 1.29 is 49.8 Å². The van der Waals surface area contributed by atoms with E-state index in [0.29, 0.717) is 36.6 Å². The lowest BCUT2D eigenvalue weighted by atomic mass is 9.91. The summed E-state index contributed by atoms with van der Waals surface area (Å²) < 4.78 is 4.94. The van der Waals surface area contributed by atoms with Crippen LogP contribution in [0.5, 0.6) is 0 Å². The number of carbonyl (C=O) groups is 3. The molecule has 10 nitrogen and oxygen atoms in total. The summed E-state index contributed by atoms with van der Waals surface area (Å²) in [6, 6.07) is 0. The van der Waals surface area contributed by atoms with E-state index >= 15 is 0 Å². The highest BCUT2D eigenvalue weighted by Gasteiger charge is 2.39. The van der Waals surface area contributed by atoms with Gasteiger partial charge in [0.25, 0.3) is 0 Å². The molecule has 0 aliphatic heterocycles. The second-order valence-electron chi connectivity index (χ2n) is 4.15. The van der Waals surface area contributed by atoms with Gasteiger partial charge in [-0.3, -0.25) is 0 Å². The Morgan fingerprint density at radius 2 is 1.35 bits per heavy atom. The zero-order chi connectivity index (χ0) is 18.0. The van der Waals surface area contributed by atoms with Gasteiger partial charge in [-0.15, -0.1) is 0 Å². The quantitative estimate of drug-likeness (QED) is 0.200. The monoisotopic (exact) mass is 332 g/mol. The fourth-order valence-corrected chi connectivity index (χ4v) is 1.41. The maximum absolute atomic E-state index is 10.6. The summed E-state index contributed by atoms with van der Waals surface area (Å²) in [6.45, 7) is -0.948. The van der Waals surface area contributed by atoms with Gasteiger partial charge in [-0.2, -0.15) is 0 Å². The molecule has 2 atom stereocenters. The Morgan fingerprint density at radius 1 is 0.913 bits per heavy atom. The third-order valence-corrected chi connectivity index (χ3v) is 2.47. The van der Waals surface area contributed by atoms with Crippen molar-refractivity contribution in [3.05, 3.63) is 36.6 Å². The lowest BCUT2D eigenvalue weighted by molar-refractivity contribution is -0.133. The fourth-order valence-electron chi connectivity index (χ4n) is 1.41. The van der Waals surface area contributed by atoms with Crippen LogP contribution in [0.25, 0.3) is 0 Å². The van der Waals surface area contributed by atoms with Crippen molar-refractivity contribution in [2.45, 2.75) is 17.8 Å². The third-order valence-electron chi connectivity index (χ3n) is 2.47. The van der Waals surface area contributed by atoms with Gasteiger partial charge in [0.15, 0.2) is 5.60 Å². The lowest BCUT2D eigenvalue weighted by Gasteiger charge is -2.33. The predicted octanol–water partition coefficient (Wildman–Crippen LogP) is -1.66. The maximum atomic E-state index is 10.6. The smallest absolute Gasteiger partial charge is 0.331 e. The molecule has 0 spiro atoms. The van der Waals surface area contributed by atoms with Crippen molar-refractivity contribution in [3.63, 3.8) is 0 Å². The first kappa shape index (κ1) is 20.3. The van der Waals surface area contributed by atoms with Crippen molar-refractivity contribution in [3.8, 4) is 0 Å². The number of aliphatic carboxylic acids is 3. The Kier molecular flexibility index (Phi) is 8.26. The first-order valence-corrected chi connectivity index (χ1v) is 6.03. The van der Waals surface area contributed by atoms with Crippen LogP contribution in [0.1, 0.15) is 0 Å². The van der Waals surface area contributed by atoms with Gasteiger partial charge < -0.3 is 35.4 Å². The number of carboxylic acids is 3. The number of aliphatic hydroxyl groups excluding tert-OH is 3. The van der Waals surface area contributed by atoms with Crippen LogP contribution in [-0.2, 0) is 19.1 Å². The molecule has 0 unspecified atom stereocenters. The summed E-state index contributed by atoms with van der Waals surface area (Å²) in [6.07, 6.45) is -0.386. The van der Waals surface area contributed by atoms with Crippen LogP contribution in [0, 0.1) is 0 Å². The van der Waals surface area contributed by atoms with Crippen LogP contribution in [0.3, 0.4) is 0 Å². The predicted molar refractivity (Wildman–Crippen MR) is 73.2 cm³/mol. The maximum Gasteiger partial charge on any atom is 0.331 e. The minimum absolute atomic E-state index is 0.494. The fraction of sp³-hybridized carbons (Fsp3) is 0.308. The van der Waals surface area contributed by atoms with Crippen LogP contribution in [0.2, 0.25) is 0 Å². The molecule has 0 radical (unpaired) electrons. The normalized spacial score (nSPS) is 17.2. The SMILES string of the molecule is O=C(O)C=COC(C=CC(=O)O)(C=CC(=O)O)[C@H](O)[C@H](O)CO. The van der Waals surface area contributed by atoms with E-state index in [-0.39, 0.29) is 0 Å². The molecule has 10 heteroatoms. The van der Waals surface area contributed by atoms with Gasteiger partial charge in [-0.1, -0.05) is 0 Å². The van der Waals surface area contributed by atoms with E-state index in [1.54, 1.807) is 0 Å². The Balaban J connectivity index is 5.91. The summed E-state index contributed by atoms with van der Waals surface area (Å²) in [5.41, 5.74) is -2.25. The number of carboxylic acid groups (broad SMARTS) is 3.